The molecule has 0 bridgehead atoms. The van der Waals surface area contributed by atoms with E-state index >= 15 is 0 Å². The molecule has 10 nitrogen and oxygen atoms in total. The summed E-state index contributed by atoms with van der Waals surface area (Å²) >= 11 is 1.14. The van der Waals surface area contributed by atoms with Crippen LogP contribution < -0.4 is 15.4 Å². The zero-order valence-corrected chi connectivity index (χ0v) is 22.7. The van der Waals surface area contributed by atoms with E-state index in [-0.39, 0.29) is 53.1 Å². The van der Waals surface area contributed by atoms with Gasteiger partial charge in [0.2, 0.25) is 0 Å². The number of ether oxygens (including phenoxy) is 1. The Morgan fingerprint density at radius 2 is 2.03 bits per heavy atom. The normalized spacial score (nSPS) is 19.3. The molecule has 3 rings (SSSR count). The number of hydrogen-bond donors (Lipinski definition) is 3. The highest BCUT2D eigenvalue weighted by molar-refractivity contribution is 7.91. The maximum Gasteiger partial charge on any atom is 0.319 e. The number of aliphatic hydroxyl groups excluding tert-OH is 1. The smallest absolute Gasteiger partial charge is 0.319 e. The summed E-state index contributed by atoms with van der Waals surface area (Å²) in [6.07, 6.45) is -0.576. The summed E-state index contributed by atoms with van der Waals surface area (Å²) in [6, 6.07) is 7.06. The number of sulfonamides is 1. The van der Waals surface area contributed by atoms with Gasteiger partial charge in [-0.3, -0.25) is 4.79 Å². The number of anilines is 1. The van der Waals surface area contributed by atoms with Gasteiger partial charge in [0.25, 0.3) is 15.9 Å². The number of nitrogens with one attached hydrogen (secondary N) is 2. The Labute approximate surface area is 216 Å². The average molecular weight is 539 g/mol. The lowest BCUT2D eigenvalue weighted by Crippen LogP contribution is -2.50. The minimum Gasteiger partial charge on any atom is -0.488 e. The summed E-state index contributed by atoms with van der Waals surface area (Å²) in [7, 11) is -2.19. The van der Waals surface area contributed by atoms with Crippen molar-refractivity contribution < 1.29 is 27.9 Å². The van der Waals surface area contributed by atoms with Crippen LogP contribution in [0, 0.1) is 5.92 Å². The van der Waals surface area contributed by atoms with Gasteiger partial charge in [0, 0.05) is 31.2 Å². The third-order valence-corrected chi connectivity index (χ3v) is 9.14. The second-order valence-corrected chi connectivity index (χ2v) is 12.5. The molecule has 3 atom stereocenters. The fourth-order valence-electron chi connectivity index (χ4n) is 3.86. The number of amides is 3. The minimum absolute atomic E-state index is 0.0627. The number of likely N-dealkylation sites (N-methyl/N-ethyl adjacent to an activating group) is 1. The van der Waals surface area contributed by atoms with Gasteiger partial charge in [-0.25, -0.2) is 13.2 Å². The van der Waals surface area contributed by atoms with Crippen molar-refractivity contribution in [1.29, 1.82) is 0 Å². The zero-order valence-electron chi connectivity index (χ0n) is 21.1. The molecule has 2 heterocycles. The van der Waals surface area contributed by atoms with Crippen LogP contribution in [0.2, 0.25) is 0 Å². The van der Waals surface area contributed by atoms with Crippen molar-refractivity contribution in [3.05, 3.63) is 41.3 Å². The predicted molar refractivity (Wildman–Crippen MR) is 139 cm³/mol. The van der Waals surface area contributed by atoms with E-state index in [1.54, 1.807) is 41.5 Å². The Kier molecular flexibility index (Phi) is 8.98. The van der Waals surface area contributed by atoms with E-state index in [0.29, 0.717) is 5.69 Å². The van der Waals surface area contributed by atoms with Gasteiger partial charge in [0.05, 0.1) is 24.8 Å². The fourth-order valence-corrected chi connectivity index (χ4v) is 6.25. The van der Waals surface area contributed by atoms with Crippen LogP contribution in [0.1, 0.15) is 38.1 Å². The summed E-state index contributed by atoms with van der Waals surface area (Å²) < 4.78 is 33.8. The molecule has 0 radical (unpaired) electrons. The average Bonchev–Trinajstić information content (AvgIpc) is 3.36. The van der Waals surface area contributed by atoms with Gasteiger partial charge in [0.1, 0.15) is 16.1 Å². The van der Waals surface area contributed by atoms with E-state index in [1.807, 2.05) is 20.8 Å². The number of benzene rings is 1. The van der Waals surface area contributed by atoms with Gasteiger partial charge < -0.3 is 25.4 Å². The van der Waals surface area contributed by atoms with E-state index in [9.17, 15) is 23.1 Å². The molecule has 0 saturated heterocycles. The second kappa shape index (κ2) is 11.6. The highest BCUT2D eigenvalue weighted by Gasteiger charge is 2.35. The van der Waals surface area contributed by atoms with Crippen LogP contribution in [0.3, 0.4) is 0 Å². The number of nitrogens with zero attached hydrogens (tertiary/aromatic N) is 2. The maximum absolute atomic E-state index is 13.5. The van der Waals surface area contributed by atoms with Crippen LogP contribution in [0.4, 0.5) is 10.5 Å². The highest BCUT2D eigenvalue weighted by atomic mass is 32.2. The maximum atomic E-state index is 13.5. The molecule has 2 aromatic rings. The molecule has 12 heteroatoms. The summed E-state index contributed by atoms with van der Waals surface area (Å²) in [5.74, 6) is -0.306. The number of fused-ring (bicyclic) bond motifs is 1. The Morgan fingerprint density at radius 1 is 1.31 bits per heavy atom. The van der Waals surface area contributed by atoms with Crippen molar-refractivity contribution in [1.82, 2.24) is 14.5 Å². The van der Waals surface area contributed by atoms with Gasteiger partial charge in [-0.1, -0.05) is 13.0 Å². The standard InChI is InChI=1S/C24H34N4O6S2/c1-15(2)25-24(31)26-18-8-9-20-19(11-18)23(30)28(17(4)14-29)12-16(3)21(34-20)13-27(5)36(32,33)22-7-6-10-35-22/h6-11,15-17,21,29H,12-14H2,1-5H3,(H2,25,26,31)/t16-,17-,21-/m1/s1. The number of urea groups is 1. The molecule has 0 unspecified atom stereocenters. The third kappa shape index (κ3) is 6.36. The summed E-state index contributed by atoms with van der Waals surface area (Å²) in [5, 5.41) is 17.0. The lowest BCUT2D eigenvalue weighted by molar-refractivity contribution is 0.0387. The van der Waals surface area contributed by atoms with Crippen molar-refractivity contribution in [2.24, 2.45) is 5.92 Å². The summed E-state index contributed by atoms with van der Waals surface area (Å²) in [5.41, 5.74) is 0.626. The van der Waals surface area contributed by atoms with Gasteiger partial charge in [-0.15, -0.1) is 11.3 Å². The Morgan fingerprint density at radius 3 is 2.64 bits per heavy atom. The van der Waals surface area contributed by atoms with E-state index in [0.717, 1.165) is 11.3 Å². The molecule has 3 N–H and O–H groups in total. The number of thiophene rings is 1. The van der Waals surface area contributed by atoms with Gasteiger partial charge in [-0.2, -0.15) is 4.31 Å². The first-order valence-corrected chi connectivity index (χ1v) is 14.1. The van der Waals surface area contributed by atoms with Gasteiger partial charge in [-0.05, 0) is 50.4 Å². The lowest BCUT2D eigenvalue weighted by atomic mass is 9.99. The first-order chi connectivity index (χ1) is 16.9. The number of carbonyl (C=O) groups is 2. The molecule has 3 amide bonds. The Bertz CT molecular complexity index is 1170. The number of carbonyl (C=O) groups excluding carboxylic acids is 2. The van der Waals surface area contributed by atoms with Crippen LogP contribution in [-0.2, 0) is 10.0 Å². The number of rotatable bonds is 8. The van der Waals surface area contributed by atoms with Crippen LogP contribution >= 0.6 is 11.3 Å². The van der Waals surface area contributed by atoms with Crippen LogP contribution in [-0.4, -0.2) is 79.6 Å². The molecular formula is C24H34N4O6S2. The van der Waals surface area contributed by atoms with Crippen LogP contribution in [0.25, 0.3) is 0 Å². The van der Waals surface area contributed by atoms with E-state index in [1.165, 1.54) is 17.4 Å². The molecule has 1 aromatic carbocycles. The van der Waals surface area contributed by atoms with Crippen molar-refractivity contribution in [2.45, 2.75) is 50.1 Å². The highest BCUT2D eigenvalue weighted by Crippen LogP contribution is 2.31. The topological polar surface area (TPSA) is 128 Å². The molecular weight excluding hydrogens is 504 g/mol. The fraction of sp³-hybridized carbons (Fsp3) is 0.500. The molecule has 0 saturated carbocycles. The largest absolute Gasteiger partial charge is 0.488 e. The summed E-state index contributed by atoms with van der Waals surface area (Å²) in [6.45, 7) is 7.38. The molecule has 36 heavy (non-hydrogen) atoms. The van der Waals surface area contributed by atoms with Crippen molar-refractivity contribution in [2.75, 3.05) is 32.1 Å². The van der Waals surface area contributed by atoms with Gasteiger partial charge >= 0.3 is 6.03 Å². The molecule has 1 aliphatic heterocycles. The predicted octanol–water partition coefficient (Wildman–Crippen LogP) is 2.82. The number of aliphatic hydroxyl groups is 1. The summed E-state index contributed by atoms with van der Waals surface area (Å²) in [4.78, 5) is 27.2. The van der Waals surface area contributed by atoms with Crippen molar-refractivity contribution in [3.8, 4) is 5.75 Å². The molecule has 1 aromatic heterocycles. The lowest BCUT2D eigenvalue weighted by Gasteiger charge is -2.38. The molecule has 0 aliphatic carbocycles. The quantitative estimate of drug-likeness (QED) is 0.474. The number of hydrogen-bond acceptors (Lipinski definition) is 7. The van der Waals surface area contributed by atoms with Crippen molar-refractivity contribution in [3.63, 3.8) is 0 Å². The van der Waals surface area contributed by atoms with Crippen molar-refractivity contribution >= 4 is 39.0 Å². The Balaban J connectivity index is 1.94. The third-order valence-electron chi connectivity index (χ3n) is 5.94. The van der Waals surface area contributed by atoms with Crippen LogP contribution in [0.5, 0.6) is 5.75 Å². The zero-order chi connectivity index (χ0) is 26.6. The van der Waals surface area contributed by atoms with E-state index in [4.69, 9.17) is 4.74 Å². The minimum atomic E-state index is -3.70. The SMILES string of the molecule is CC(C)NC(=O)Nc1ccc2c(c1)C(=O)N([C@H](C)CO)C[C@@H](C)[C@@H](CN(C)S(=O)(=O)c1cccs1)O2. The monoisotopic (exact) mass is 538 g/mol. The Hall–Kier alpha value is -2.67. The molecule has 0 fully saturated rings. The molecule has 198 valence electrons. The van der Waals surface area contributed by atoms with E-state index in [2.05, 4.69) is 10.6 Å². The molecule has 0 spiro atoms. The second-order valence-electron chi connectivity index (χ2n) is 9.30. The van der Waals surface area contributed by atoms with E-state index < -0.39 is 28.2 Å². The first-order valence-electron chi connectivity index (χ1n) is 11.7. The van der Waals surface area contributed by atoms with Gasteiger partial charge in [0.15, 0.2) is 0 Å². The molecule has 1 aliphatic rings. The van der Waals surface area contributed by atoms with Crippen LogP contribution in [0.15, 0.2) is 39.9 Å². The first kappa shape index (κ1) is 27.9.